The number of carbonyl (C=O) groups is 1. The number of nitrogens with zero attached hydrogens (tertiary/aromatic N) is 3. The van der Waals surface area contributed by atoms with E-state index in [4.69, 9.17) is 10.4 Å². The summed E-state index contributed by atoms with van der Waals surface area (Å²) in [6, 6.07) is 0.516. The van der Waals surface area contributed by atoms with Crippen LogP contribution < -0.4 is 0 Å². The van der Waals surface area contributed by atoms with Crippen LogP contribution in [0.25, 0.3) is 0 Å². The van der Waals surface area contributed by atoms with Gasteiger partial charge in [0, 0.05) is 0 Å². The first-order valence-electron chi connectivity index (χ1n) is 2.33. The van der Waals surface area contributed by atoms with Crippen LogP contribution in [0.1, 0.15) is 0 Å². The van der Waals surface area contributed by atoms with Crippen molar-refractivity contribution in [1.82, 2.24) is 0 Å². The van der Waals surface area contributed by atoms with Crippen LogP contribution in [-0.2, 0) is 4.79 Å². The van der Waals surface area contributed by atoms with Crippen LogP contribution in [-0.4, -0.2) is 26.6 Å². The van der Waals surface area contributed by atoms with E-state index in [2.05, 4.69) is 0 Å². The van der Waals surface area contributed by atoms with Gasteiger partial charge in [-0.15, -0.1) is 0 Å². The number of carboxylic acids is 1. The Morgan fingerprint density at radius 2 is 1.75 bits per heavy atom. The summed E-state index contributed by atoms with van der Waals surface area (Å²) in [6.07, 6.45) is 0. The van der Waals surface area contributed by atoms with Gasteiger partial charge >= 0.3 is 11.6 Å². The van der Waals surface area contributed by atoms with Crippen molar-refractivity contribution >= 4 is 5.97 Å². The molecular formula is C3HN3O6. The van der Waals surface area contributed by atoms with Crippen molar-refractivity contribution in [3.8, 4) is 6.07 Å². The summed E-state index contributed by atoms with van der Waals surface area (Å²) < 4.78 is 0. The van der Waals surface area contributed by atoms with Crippen molar-refractivity contribution in [2.75, 3.05) is 0 Å². The van der Waals surface area contributed by atoms with Crippen LogP contribution in [0.3, 0.4) is 0 Å². The highest BCUT2D eigenvalue weighted by Gasteiger charge is 2.66. The van der Waals surface area contributed by atoms with E-state index in [1.165, 1.54) is 0 Å². The van der Waals surface area contributed by atoms with Crippen LogP contribution >= 0.6 is 0 Å². The second kappa shape index (κ2) is 2.79. The zero-order valence-electron chi connectivity index (χ0n) is 5.33. The van der Waals surface area contributed by atoms with Gasteiger partial charge < -0.3 is 5.11 Å². The normalized spacial score (nSPS) is 9.92. The lowest BCUT2D eigenvalue weighted by atomic mass is 10.2. The average molecular weight is 175 g/mol. The summed E-state index contributed by atoms with van der Waals surface area (Å²) in [5, 5.41) is 35.8. The number of nitro groups is 2. The van der Waals surface area contributed by atoms with Gasteiger partial charge in [-0.2, -0.15) is 5.26 Å². The lowest BCUT2D eigenvalue weighted by molar-refractivity contribution is -0.759. The molecule has 0 aromatic rings. The van der Waals surface area contributed by atoms with E-state index in [0.717, 1.165) is 0 Å². The number of rotatable bonds is 3. The van der Waals surface area contributed by atoms with Gasteiger partial charge in [0.05, 0.1) is 0 Å². The molecule has 0 aliphatic rings. The fraction of sp³-hybridized carbons (Fsp3) is 0.333. The standard InChI is InChI=1S/C3HN3O6/c4-1-3(2(7)8,5(9)10)6(11)12/h(H,7,8). The van der Waals surface area contributed by atoms with Crippen molar-refractivity contribution in [3.63, 3.8) is 0 Å². The lowest BCUT2D eigenvalue weighted by Crippen LogP contribution is -2.52. The number of nitriles is 1. The Kier molecular flexibility index (Phi) is 2.27. The van der Waals surface area contributed by atoms with Crippen molar-refractivity contribution in [2.24, 2.45) is 0 Å². The quantitative estimate of drug-likeness (QED) is 0.323. The summed E-state index contributed by atoms with van der Waals surface area (Å²) in [4.78, 5) is 26.3. The molecule has 0 unspecified atom stereocenters. The van der Waals surface area contributed by atoms with E-state index in [-0.39, 0.29) is 0 Å². The minimum absolute atomic E-state index is 0.516. The minimum atomic E-state index is -3.79. The Morgan fingerprint density at radius 3 is 1.75 bits per heavy atom. The lowest BCUT2D eigenvalue weighted by Gasteiger charge is -2.02. The van der Waals surface area contributed by atoms with Crippen LogP contribution in [0.15, 0.2) is 0 Å². The summed E-state index contributed by atoms with van der Waals surface area (Å²) in [7, 11) is 0. The zero-order valence-corrected chi connectivity index (χ0v) is 5.33. The van der Waals surface area contributed by atoms with Crippen molar-refractivity contribution < 1.29 is 19.7 Å². The number of hydrogen-bond acceptors (Lipinski definition) is 6. The van der Waals surface area contributed by atoms with Crippen LogP contribution in [0.2, 0.25) is 0 Å². The van der Waals surface area contributed by atoms with Crippen molar-refractivity contribution in [1.29, 1.82) is 5.26 Å². The Balaban J connectivity index is 5.39. The Bertz CT molecular complexity index is 253. The molecule has 9 nitrogen and oxygen atoms in total. The molecule has 0 atom stereocenters. The van der Waals surface area contributed by atoms with Gasteiger partial charge in [0.15, 0.2) is 0 Å². The van der Waals surface area contributed by atoms with Crippen LogP contribution in [0.4, 0.5) is 0 Å². The van der Waals surface area contributed by atoms with Gasteiger partial charge in [-0.1, -0.05) is 0 Å². The maximum Gasteiger partial charge on any atom is 0.640 e. The second-order valence-electron chi connectivity index (χ2n) is 1.60. The fourth-order valence-corrected chi connectivity index (χ4v) is 0.352. The third kappa shape index (κ3) is 1.01. The topological polar surface area (TPSA) is 147 Å². The molecule has 0 aromatic heterocycles. The van der Waals surface area contributed by atoms with E-state index in [9.17, 15) is 25.0 Å². The molecule has 0 fully saturated rings. The number of carboxylic acid groups (broad SMARTS) is 1. The second-order valence-corrected chi connectivity index (χ2v) is 1.60. The first-order valence-corrected chi connectivity index (χ1v) is 2.33. The monoisotopic (exact) mass is 175 g/mol. The molecule has 0 radical (unpaired) electrons. The van der Waals surface area contributed by atoms with E-state index >= 15 is 0 Å². The van der Waals surface area contributed by atoms with Crippen molar-refractivity contribution in [2.45, 2.75) is 5.66 Å². The molecule has 0 amide bonds. The average Bonchev–Trinajstić information content (AvgIpc) is 1.86. The van der Waals surface area contributed by atoms with Gasteiger partial charge in [-0.3, -0.25) is 20.2 Å². The minimum Gasteiger partial charge on any atom is -0.469 e. The SMILES string of the molecule is N#CC(C(=O)O)([N+](=O)[O-])[N+](=O)[O-]. The van der Waals surface area contributed by atoms with Gasteiger partial charge in [0.1, 0.15) is 9.85 Å². The highest BCUT2D eigenvalue weighted by molar-refractivity contribution is 5.78. The van der Waals surface area contributed by atoms with Gasteiger partial charge in [-0.05, 0) is 0 Å². The Labute approximate surface area is 64.1 Å². The summed E-state index contributed by atoms with van der Waals surface area (Å²) in [5.41, 5.74) is -3.79. The molecule has 0 saturated carbocycles. The van der Waals surface area contributed by atoms with Gasteiger partial charge in [0.25, 0.3) is 0 Å². The molecule has 1 N–H and O–H groups in total. The summed E-state index contributed by atoms with van der Waals surface area (Å²) in [6.45, 7) is 0. The maximum absolute atomic E-state index is 10.0. The Morgan fingerprint density at radius 1 is 1.42 bits per heavy atom. The van der Waals surface area contributed by atoms with E-state index in [1.54, 1.807) is 0 Å². The summed E-state index contributed by atoms with van der Waals surface area (Å²) >= 11 is 0. The molecule has 0 spiro atoms. The first-order chi connectivity index (χ1) is 5.39. The maximum atomic E-state index is 10.0. The number of aliphatic carboxylic acids is 1. The molecule has 0 aromatic carbocycles. The smallest absolute Gasteiger partial charge is 0.469 e. The molecule has 0 aliphatic heterocycles. The predicted octanol–water partition coefficient (Wildman–Crippen LogP) is -1.16. The van der Waals surface area contributed by atoms with E-state index < -0.39 is 21.5 Å². The molecule has 0 aliphatic carbocycles. The molecule has 0 heterocycles. The molecule has 0 saturated heterocycles. The third-order valence-corrected chi connectivity index (χ3v) is 0.983. The predicted molar refractivity (Wildman–Crippen MR) is 30.0 cm³/mol. The van der Waals surface area contributed by atoms with E-state index in [0.29, 0.717) is 6.07 Å². The summed E-state index contributed by atoms with van der Waals surface area (Å²) in [5.74, 6) is -2.42. The highest BCUT2D eigenvalue weighted by Crippen LogP contribution is 2.09. The molecule has 12 heavy (non-hydrogen) atoms. The molecule has 64 valence electrons. The van der Waals surface area contributed by atoms with Gasteiger partial charge in [0.2, 0.25) is 6.07 Å². The number of hydrogen-bond donors (Lipinski definition) is 1. The van der Waals surface area contributed by atoms with Crippen LogP contribution in [0, 0.1) is 31.6 Å². The van der Waals surface area contributed by atoms with E-state index in [1.807, 2.05) is 0 Å². The Hall–Kier alpha value is -2.24. The van der Waals surface area contributed by atoms with Crippen LogP contribution in [0.5, 0.6) is 0 Å². The molecule has 9 heteroatoms. The fourth-order valence-electron chi connectivity index (χ4n) is 0.352. The molecule has 0 bridgehead atoms. The third-order valence-electron chi connectivity index (χ3n) is 0.983. The van der Waals surface area contributed by atoms with Crippen molar-refractivity contribution in [3.05, 3.63) is 20.2 Å². The van der Waals surface area contributed by atoms with Gasteiger partial charge in [-0.25, -0.2) is 4.79 Å². The highest BCUT2D eigenvalue weighted by atomic mass is 16.7. The largest absolute Gasteiger partial charge is 0.640 e. The molecular weight excluding hydrogens is 174 g/mol. The molecule has 0 rings (SSSR count). The first kappa shape index (κ1) is 9.76. The zero-order chi connectivity index (χ0) is 9.94.